The van der Waals surface area contributed by atoms with Crippen LogP contribution in [-0.2, 0) is 6.42 Å². The average molecular weight is 394 g/mol. The number of rotatable bonds is 4. The lowest BCUT2D eigenvalue weighted by Crippen LogP contribution is -2.34. The minimum absolute atomic E-state index is 0.126. The van der Waals surface area contributed by atoms with Crippen molar-refractivity contribution in [3.05, 3.63) is 57.6 Å². The van der Waals surface area contributed by atoms with Crippen molar-refractivity contribution in [2.45, 2.75) is 6.42 Å². The smallest absolute Gasteiger partial charge is 0.257 e. The zero-order valence-corrected chi connectivity index (χ0v) is 15.4. The van der Waals surface area contributed by atoms with Crippen molar-refractivity contribution >= 4 is 52.1 Å². The number of halogens is 2. The van der Waals surface area contributed by atoms with Gasteiger partial charge in [-0.05, 0) is 42.0 Å². The minimum atomic E-state index is -0.454. The van der Waals surface area contributed by atoms with Crippen molar-refractivity contribution < 1.29 is 9.53 Å². The van der Waals surface area contributed by atoms with Crippen molar-refractivity contribution in [1.29, 1.82) is 5.26 Å². The molecule has 5 nitrogen and oxygen atoms in total. The third kappa shape index (κ3) is 5.07. The molecule has 0 aromatic heterocycles. The van der Waals surface area contributed by atoms with Gasteiger partial charge in [-0.15, -0.1) is 0 Å². The highest BCUT2D eigenvalue weighted by molar-refractivity contribution is 7.80. The van der Waals surface area contributed by atoms with Gasteiger partial charge in [0.25, 0.3) is 5.91 Å². The van der Waals surface area contributed by atoms with E-state index in [1.54, 1.807) is 24.3 Å². The van der Waals surface area contributed by atoms with Gasteiger partial charge in [-0.3, -0.25) is 10.1 Å². The van der Waals surface area contributed by atoms with Gasteiger partial charge in [0, 0.05) is 11.3 Å². The predicted octanol–water partition coefficient (Wildman–Crippen LogP) is 4.19. The number of hydrogen-bond acceptors (Lipinski definition) is 4. The number of amides is 1. The fraction of sp³-hybridized carbons (Fsp3) is 0.118. The molecular formula is C17H13Cl2N3O2S. The van der Waals surface area contributed by atoms with E-state index in [1.165, 1.54) is 19.2 Å². The molecule has 0 saturated carbocycles. The first-order valence-electron chi connectivity index (χ1n) is 7.06. The molecule has 0 fully saturated rings. The summed E-state index contributed by atoms with van der Waals surface area (Å²) in [6.45, 7) is 0. The van der Waals surface area contributed by atoms with Gasteiger partial charge in [-0.25, -0.2) is 0 Å². The van der Waals surface area contributed by atoms with Gasteiger partial charge in [0.15, 0.2) is 10.9 Å². The third-order valence-electron chi connectivity index (χ3n) is 3.19. The summed E-state index contributed by atoms with van der Waals surface area (Å²) in [6, 6.07) is 12.1. The number of anilines is 1. The second kappa shape index (κ2) is 8.67. The quantitative estimate of drug-likeness (QED) is 0.761. The minimum Gasteiger partial charge on any atom is -0.494 e. The molecule has 0 heterocycles. The Morgan fingerprint density at radius 3 is 2.36 bits per heavy atom. The summed E-state index contributed by atoms with van der Waals surface area (Å²) >= 11 is 17.2. The molecule has 0 atom stereocenters. The molecule has 0 aliphatic carbocycles. The van der Waals surface area contributed by atoms with Crippen LogP contribution in [0.25, 0.3) is 0 Å². The molecule has 0 radical (unpaired) electrons. The fourth-order valence-electron chi connectivity index (χ4n) is 2.02. The number of nitrogens with zero attached hydrogens (tertiary/aromatic N) is 1. The molecule has 128 valence electrons. The monoisotopic (exact) mass is 393 g/mol. The first-order chi connectivity index (χ1) is 11.9. The maximum Gasteiger partial charge on any atom is 0.257 e. The summed E-state index contributed by atoms with van der Waals surface area (Å²) < 4.78 is 5.04. The molecule has 0 aliphatic heterocycles. The molecule has 0 spiro atoms. The first-order valence-corrected chi connectivity index (χ1v) is 8.22. The van der Waals surface area contributed by atoms with E-state index in [9.17, 15) is 4.79 Å². The van der Waals surface area contributed by atoms with Crippen molar-refractivity contribution in [2.75, 3.05) is 12.4 Å². The van der Waals surface area contributed by atoms with Gasteiger partial charge in [0.2, 0.25) is 0 Å². The van der Waals surface area contributed by atoms with Crippen LogP contribution >= 0.6 is 35.4 Å². The Morgan fingerprint density at radius 2 is 1.84 bits per heavy atom. The van der Waals surface area contributed by atoms with Gasteiger partial charge < -0.3 is 10.1 Å². The Bertz CT molecular complexity index is 825. The highest BCUT2D eigenvalue weighted by Crippen LogP contribution is 2.33. The number of carbonyl (C=O) groups excluding carboxylic acids is 1. The largest absolute Gasteiger partial charge is 0.494 e. The highest BCUT2D eigenvalue weighted by atomic mass is 35.5. The normalized spacial score (nSPS) is 9.84. The van der Waals surface area contributed by atoms with E-state index in [2.05, 4.69) is 16.7 Å². The van der Waals surface area contributed by atoms with E-state index in [4.69, 9.17) is 45.4 Å². The fourth-order valence-corrected chi connectivity index (χ4v) is 2.87. The van der Waals surface area contributed by atoms with Crippen molar-refractivity contribution in [1.82, 2.24) is 5.32 Å². The molecular weight excluding hydrogens is 381 g/mol. The van der Waals surface area contributed by atoms with Gasteiger partial charge in [-0.1, -0.05) is 35.3 Å². The van der Waals surface area contributed by atoms with Crippen LogP contribution in [0.2, 0.25) is 10.0 Å². The van der Waals surface area contributed by atoms with E-state index in [0.717, 1.165) is 5.56 Å². The Hall–Kier alpha value is -2.33. The van der Waals surface area contributed by atoms with Crippen LogP contribution in [0.4, 0.5) is 5.69 Å². The van der Waals surface area contributed by atoms with Crippen LogP contribution in [0.15, 0.2) is 36.4 Å². The molecule has 0 saturated heterocycles. The average Bonchev–Trinajstić information content (AvgIpc) is 2.56. The molecule has 25 heavy (non-hydrogen) atoms. The zero-order chi connectivity index (χ0) is 18.4. The van der Waals surface area contributed by atoms with E-state index < -0.39 is 5.91 Å². The summed E-state index contributed by atoms with van der Waals surface area (Å²) in [6.07, 6.45) is 0.334. The molecule has 0 unspecified atom stereocenters. The molecule has 0 bridgehead atoms. The highest BCUT2D eigenvalue weighted by Gasteiger charge is 2.14. The summed E-state index contributed by atoms with van der Waals surface area (Å²) in [5.74, 6) is -0.150. The number of nitriles is 1. The predicted molar refractivity (Wildman–Crippen MR) is 102 cm³/mol. The molecule has 8 heteroatoms. The van der Waals surface area contributed by atoms with Crippen LogP contribution in [-0.4, -0.2) is 18.1 Å². The number of hydrogen-bond donors (Lipinski definition) is 2. The lowest BCUT2D eigenvalue weighted by molar-refractivity contribution is 0.0977. The maximum absolute atomic E-state index is 12.3. The summed E-state index contributed by atoms with van der Waals surface area (Å²) in [5, 5.41) is 14.7. The Balaban J connectivity index is 2.03. The maximum atomic E-state index is 12.3. The standard InChI is InChI=1S/C17H13Cl2N3O2S/c1-24-15-13(18)8-11(9-14(15)19)16(23)22-17(25)21-12-4-2-10(3-5-12)6-7-20/h2-5,8-9H,6H2,1H3,(H2,21,22,23,25). The van der Waals surface area contributed by atoms with Crippen molar-refractivity contribution in [3.8, 4) is 11.8 Å². The van der Waals surface area contributed by atoms with E-state index in [1.807, 2.05) is 0 Å². The lowest BCUT2D eigenvalue weighted by Gasteiger charge is -2.11. The van der Waals surface area contributed by atoms with Crippen molar-refractivity contribution in [3.63, 3.8) is 0 Å². The van der Waals surface area contributed by atoms with Crippen LogP contribution in [0.3, 0.4) is 0 Å². The van der Waals surface area contributed by atoms with Crippen LogP contribution in [0.1, 0.15) is 15.9 Å². The van der Waals surface area contributed by atoms with Gasteiger partial charge in [0.1, 0.15) is 0 Å². The SMILES string of the molecule is COc1c(Cl)cc(C(=O)NC(=S)Nc2ccc(CC#N)cc2)cc1Cl. The second-order valence-electron chi connectivity index (χ2n) is 4.91. The number of benzene rings is 2. The van der Waals surface area contributed by atoms with Crippen molar-refractivity contribution in [2.24, 2.45) is 0 Å². The second-order valence-corrected chi connectivity index (χ2v) is 6.14. The first kappa shape index (κ1) is 19.0. The Labute approximate surface area is 160 Å². The third-order valence-corrected chi connectivity index (χ3v) is 3.95. The summed E-state index contributed by atoms with van der Waals surface area (Å²) in [5.41, 5.74) is 1.84. The van der Waals surface area contributed by atoms with E-state index >= 15 is 0 Å². The number of thiocarbonyl (C=S) groups is 1. The van der Waals surface area contributed by atoms with Crippen LogP contribution < -0.4 is 15.4 Å². The summed E-state index contributed by atoms with van der Waals surface area (Å²) in [7, 11) is 1.44. The number of nitrogens with one attached hydrogen (secondary N) is 2. The molecule has 1 amide bonds. The number of ether oxygens (including phenoxy) is 1. The molecule has 0 aliphatic rings. The van der Waals surface area contributed by atoms with Gasteiger partial charge in [0.05, 0.1) is 29.6 Å². The Morgan fingerprint density at radius 1 is 1.24 bits per heavy atom. The van der Waals surface area contributed by atoms with Gasteiger partial charge >= 0.3 is 0 Å². The van der Waals surface area contributed by atoms with Crippen LogP contribution in [0.5, 0.6) is 5.75 Å². The summed E-state index contributed by atoms with van der Waals surface area (Å²) in [4.78, 5) is 12.3. The molecule has 2 N–H and O–H groups in total. The zero-order valence-electron chi connectivity index (χ0n) is 13.1. The van der Waals surface area contributed by atoms with Gasteiger partial charge in [-0.2, -0.15) is 5.26 Å². The van der Waals surface area contributed by atoms with E-state index in [0.29, 0.717) is 17.9 Å². The molecule has 2 aromatic carbocycles. The molecule has 2 aromatic rings. The number of methoxy groups -OCH3 is 1. The van der Waals surface area contributed by atoms with Crippen LogP contribution in [0, 0.1) is 11.3 Å². The van der Waals surface area contributed by atoms with E-state index in [-0.39, 0.29) is 20.7 Å². The molecule has 2 rings (SSSR count). The lowest BCUT2D eigenvalue weighted by atomic mass is 10.1. The number of carbonyl (C=O) groups is 1. The Kier molecular flexibility index (Phi) is 6.59. The topological polar surface area (TPSA) is 74.2 Å².